The lowest BCUT2D eigenvalue weighted by molar-refractivity contribution is 0.0928. The molecule has 0 radical (unpaired) electrons. The first kappa shape index (κ1) is 13.5. The second kappa shape index (κ2) is 6.30. The van der Waals surface area contributed by atoms with E-state index in [1.807, 2.05) is 6.07 Å². The van der Waals surface area contributed by atoms with E-state index in [0.29, 0.717) is 11.6 Å². The van der Waals surface area contributed by atoms with Crippen LogP contribution in [0.1, 0.15) is 23.3 Å². The molecule has 1 saturated heterocycles. The van der Waals surface area contributed by atoms with Crippen molar-refractivity contribution in [3.8, 4) is 0 Å². The molecule has 0 bridgehead atoms. The summed E-state index contributed by atoms with van der Waals surface area (Å²) >= 11 is 0. The first-order valence-electron chi connectivity index (χ1n) is 7.07. The molecule has 0 spiro atoms. The fraction of sp³-hybridized carbons (Fsp3) is 0.333. The first-order valence-corrected chi connectivity index (χ1v) is 7.07. The molecular weight excluding hydrogens is 266 g/mol. The Morgan fingerprint density at radius 2 is 1.95 bits per heavy atom. The Balaban J connectivity index is 1.63. The molecule has 2 aromatic heterocycles. The van der Waals surface area contributed by atoms with E-state index in [2.05, 4.69) is 25.2 Å². The molecule has 0 aromatic carbocycles. The summed E-state index contributed by atoms with van der Waals surface area (Å²) in [7, 11) is 0. The van der Waals surface area contributed by atoms with E-state index in [1.165, 1.54) is 0 Å². The van der Waals surface area contributed by atoms with Crippen LogP contribution in [0.4, 0.5) is 5.95 Å². The zero-order chi connectivity index (χ0) is 14.5. The quantitative estimate of drug-likeness (QED) is 0.918. The number of anilines is 1. The number of hydrogen-bond acceptors (Lipinski definition) is 5. The molecule has 108 valence electrons. The van der Waals surface area contributed by atoms with Crippen LogP contribution in [0.5, 0.6) is 0 Å². The summed E-state index contributed by atoms with van der Waals surface area (Å²) in [6, 6.07) is 7.22. The van der Waals surface area contributed by atoms with Crippen LogP contribution in [-0.2, 0) is 0 Å². The molecule has 1 atom stereocenters. The SMILES string of the molecule is O=C(NC1CCCN(c2ncccn2)C1)c1ccccn1. The van der Waals surface area contributed by atoms with Crippen molar-refractivity contribution in [1.29, 1.82) is 0 Å². The molecular formula is C15H17N5O. The Morgan fingerprint density at radius 3 is 2.71 bits per heavy atom. The van der Waals surface area contributed by atoms with Crippen molar-refractivity contribution in [2.75, 3.05) is 18.0 Å². The van der Waals surface area contributed by atoms with Crippen LogP contribution in [0.2, 0.25) is 0 Å². The number of nitrogens with zero attached hydrogens (tertiary/aromatic N) is 4. The highest BCUT2D eigenvalue weighted by Gasteiger charge is 2.23. The van der Waals surface area contributed by atoms with Crippen molar-refractivity contribution in [3.05, 3.63) is 48.5 Å². The lowest BCUT2D eigenvalue weighted by atomic mass is 10.1. The second-order valence-corrected chi connectivity index (χ2v) is 5.02. The van der Waals surface area contributed by atoms with E-state index < -0.39 is 0 Å². The molecule has 1 aliphatic heterocycles. The Labute approximate surface area is 123 Å². The summed E-state index contributed by atoms with van der Waals surface area (Å²) in [5, 5.41) is 3.04. The summed E-state index contributed by atoms with van der Waals surface area (Å²) in [5.74, 6) is 0.589. The normalized spacial score (nSPS) is 18.3. The van der Waals surface area contributed by atoms with E-state index in [4.69, 9.17) is 0 Å². The zero-order valence-electron chi connectivity index (χ0n) is 11.6. The molecule has 6 heteroatoms. The maximum Gasteiger partial charge on any atom is 0.270 e. The molecule has 2 aromatic rings. The monoisotopic (exact) mass is 283 g/mol. The van der Waals surface area contributed by atoms with Gasteiger partial charge in [0, 0.05) is 37.7 Å². The Morgan fingerprint density at radius 1 is 1.14 bits per heavy atom. The van der Waals surface area contributed by atoms with Gasteiger partial charge in [-0.3, -0.25) is 9.78 Å². The van der Waals surface area contributed by atoms with Crippen LogP contribution in [0.15, 0.2) is 42.9 Å². The molecule has 1 fully saturated rings. The molecule has 0 aliphatic carbocycles. The van der Waals surface area contributed by atoms with Crippen molar-refractivity contribution in [2.45, 2.75) is 18.9 Å². The highest BCUT2D eigenvalue weighted by Crippen LogP contribution is 2.15. The van der Waals surface area contributed by atoms with Gasteiger partial charge in [-0.2, -0.15) is 0 Å². The largest absolute Gasteiger partial charge is 0.346 e. The maximum absolute atomic E-state index is 12.1. The number of carbonyl (C=O) groups is 1. The fourth-order valence-corrected chi connectivity index (χ4v) is 2.49. The molecule has 3 heterocycles. The summed E-state index contributed by atoms with van der Waals surface area (Å²) in [5.41, 5.74) is 0.450. The number of rotatable bonds is 3. The zero-order valence-corrected chi connectivity index (χ0v) is 11.6. The van der Waals surface area contributed by atoms with Gasteiger partial charge in [-0.15, -0.1) is 0 Å². The van der Waals surface area contributed by atoms with E-state index in [0.717, 1.165) is 25.9 Å². The van der Waals surface area contributed by atoms with Gasteiger partial charge >= 0.3 is 0 Å². The van der Waals surface area contributed by atoms with E-state index in [1.54, 1.807) is 36.8 Å². The summed E-state index contributed by atoms with van der Waals surface area (Å²) in [6.45, 7) is 1.64. The Hall–Kier alpha value is -2.50. The molecule has 3 rings (SSSR count). The Kier molecular flexibility index (Phi) is 4.04. The molecule has 1 amide bonds. The maximum atomic E-state index is 12.1. The molecule has 1 unspecified atom stereocenters. The lowest BCUT2D eigenvalue weighted by Gasteiger charge is -2.33. The smallest absolute Gasteiger partial charge is 0.270 e. The number of nitrogens with one attached hydrogen (secondary N) is 1. The predicted octanol–water partition coefficient (Wildman–Crippen LogP) is 1.27. The van der Waals surface area contributed by atoms with E-state index >= 15 is 0 Å². The molecule has 6 nitrogen and oxygen atoms in total. The van der Waals surface area contributed by atoms with Crippen LogP contribution < -0.4 is 10.2 Å². The van der Waals surface area contributed by atoms with Crippen LogP contribution in [-0.4, -0.2) is 40.0 Å². The fourth-order valence-electron chi connectivity index (χ4n) is 2.49. The van der Waals surface area contributed by atoms with Crippen LogP contribution in [0, 0.1) is 0 Å². The van der Waals surface area contributed by atoms with Gasteiger partial charge in [-0.05, 0) is 31.0 Å². The van der Waals surface area contributed by atoms with Gasteiger partial charge in [0.2, 0.25) is 5.95 Å². The summed E-state index contributed by atoms with van der Waals surface area (Å²) < 4.78 is 0. The standard InChI is InChI=1S/C15H17N5O/c21-14(13-6-1-2-7-16-13)19-12-5-3-10-20(11-12)15-17-8-4-9-18-15/h1-2,4,6-9,12H,3,5,10-11H2,(H,19,21). The topological polar surface area (TPSA) is 71.0 Å². The van der Waals surface area contributed by atoms with E-state index in [-0.39, 0.29) is 11.9 Å². The van der Waals surface area contributed by atoms with Crippen molar-refractivity contribution >= 4 is 11.9 Å². The molecule has 1 N–H and O–H groups in total. The second-order valence-electron chi connectivity index (χ2n) is 5.02. The van der Waals surface area contributed by atoms with E-state index in [9.17, 15) is 4.79 Å². The number of pyridine rings is 1. The van der Waals surface area contributed by atoms with Crippen molar-refractivity contribution in [1.82, 2.24) is 20.3 Å². The molecule has 21 heavy (non-hydrogen) atoms. The number of amides is 1. The third-order valence-electron chi connectivity index (χ3n) is 3.49. The Bertz CT molecular complexity index is 590. The van der Waals surface area contributed by atoms with Gasteiger partial charge in [-0.1, -0.05) is 6.07 Å². The third-order valence-corrected chi connectivity index (χ3v) is 3.49. The number of carbonyl (C=O) groups excluding carboxylic acids is 1. The minimum Gasteiger partial charge on any atom is -0.346 e. The minimum atomic E-state index is -0.128. The van der Waals surface area contributed by atoms with Crippen molar-refractivity contribution < 1.29 is 4.79 Å². The number of hydrogen-bond donors (Lipinski definition) is 1. The van der Waals surface area contributed by atoms with Crippen LogP contribution in [0.25, 0.3) is 0 Å². The highest BCUT2D eigenvalue weighted by molar-refractivity contribution is 5.92. The van der Waals surface area contributed by atoms with Gasteiger partial charge in [0.25, 0.3) is 5.91 Å². The first-order chi connectivity index (χ1) is 10.3. The molecule has 0 saturated carbocycles. The van der Waals surface area contributed by atoms with Crippen LogP contribution in [0.3, 0.4) is 0 Å². The van der Waals surface area contributed by atoms with Gasteiger partial charge in [-0.25, -0.2) is 9.97 Å². The van der Waals surface area contributed by atoms with Gasteiger partial charge in [0.1, 0.15) is 5.69 Å². The van der Waals surface area contributed by atoms with Gasteiger partial charge in [0.15, 0.2) is 0 Å². The summed E-state index contributed by atoms with van der Waals surface area (Å²) in [4.78, 5) is 26.8. The number of piperidine rings is 1. The predicted molar refractivity (Wildman–Crippen MR) is 79.0 cm³/mol. The van der Waals surface area contributed by atoms with Crippen molar-refractivity contribution in [3.63, 3.8) is 0 Å². The van der Waals surface area contributed by atoms with Crippen LogP contribution >= 0.6 is 0 Å². The van der Waals surface area contributed by atoms with Gasteiger partial charge < -0.3 is 10.2 Å². The minimum absolute atomic E-state index is 0.0945. The van der Waals surface area contributed by atoms with Gasteiger partial charge in [0.05, 0.1) is 0 Å². The number of aromatic nitrogens is 3. The molecule has 1 aliphatic rings. The lowest BCUT2D eigenvalue weighted by Crippen LogP contribution is -2.48. The highest BCUT2D eigenvalue weighted by atomic mass is 16.1. The average molecular weight is 283 g/mol. The average Bonchev–Trinajstić information content (AvgIpc) is 2.57. The third kappa shape index (κ3) is 3.34. The van der Waals surface area contributed by atoms with Crippen molar-refractivity contribution in [2.24, 2.45) is 0 Å². The summed E-state index contributed by atoms with van der Waals surface area (Å²) in [6.07, 6.45) is 7.06.